The van der Waals surface area contributed by atoms with Crippen LogP contribution in [0.1, 0.15) is 29.6 Å². The quantitative estimate of drug-likeness (QED) is 0.624. The summed E-state index contributed by atoms with van der Waals surface area (Å²) in [5, 5.41) is 22.9. The summed E-state index contributed by atoms with van der Waals surface area (Å²) in [4.78, 5) is 32.2. The first-order valence-corrected chi connectivity index (χ1v) is 9.68. The summed E-state index contributed by atoms with van der Waals surface area (Å²) in [7, 11) is 0. The zero-order valence-electron chi connectivity index (χ0n) is 16.0. The van der Waals surface area contributed by atoms with Gasteiger partial charge in [0.05, 0.1) is 37.1 Å². The number of amides is 2. The number of nitrogens with zero attached hydrogens (tertiary/aromatic N) is 3. The molecule has 154 valence electrons. The molecular weight excluding hydrogens is 364 g/mol. The maximum atomic E-state index is 12.5. The fraction of sp³-hybridized carbons (Fsp3) is 0.632. The predicted molar refractivity (Wildman–Crippen MR) is 101 cm³/mol. The molecule has 0 saturated carbocycles. The van der Waals surface area contributed by atoms with E-state index < -0.39 is 11.5 Å². The Morgan fingerprint density at radius 1 is 1.18 bits per heavy atom. The molecule has 9 nitrogen and oxygen atoms in total. The number of ether oxygens (including phenoxy) is 1. The lowest BCUT2D eigenvalue weighted by atomic mass is 9.94. The zero-order valence-corrected chi connectivity index (χ0v) is 16.0. The average molecular weight is 392 g/mol. The molecular formula is C19H28N4O5. The van der Waals surface area contributed by atoms with Gasteiger partial charge in [0.15, 0.2) is 0 Å². The van der Waals surface area contributed by atoms with E-state index in [1.807, 2.05) is 0 Å². The van der Waals surface area contributed by atoms with Gasteiger partial charge in [0.25, 0.3) is 5.91 Å². The summed E-state index contributed by atoms with van der Waals surface area (Å²) in [6, 6.07) is 1.30. The highest BCUT2D eigenvalue weighted by molar-refractivity contribution is 5.96. The molecule has 2 amide bonds. The molecule has 0 spiro atoms. The number of rotatable bonds is 5. The molecule has 2 aliphatic rings. The van der Waals surface area contributed by atoms with E-state index in [9.17, 15) is 19.8 Å². The van der Waals surface area contributed by atoms with Crippen molar-refractivity contribution in [2.24, 2.45) is 0 Å². The van der Waals surface area contributed by atoms with Crippen LogP contribution in [0.4, 0.5) is 0 Å². The van der Waals surface area contributed by atoms with Crippen LogP contribution in [0, 0.1) is 0 Å². The summed E-state index contributed by atoms with van der Waals surface area (Å²) < 4.78 is 5.35. The highest BCUT2D eigenvalue weighted by atomic mass is 16.5. The lowest BCUT2D eigenvalue weighted by Crippen LogP contribution is -2.48. The number of aromatic nitrogens is 1. The number of morpholine rings is 1. The van der Waals surface area contributed by atoms with Crippen molar-refractivity contribution in [3.63, 3.8) is 0 Å². The second-order valence-corrected chi connectivity index (χ2v) is 7.46. The van der Waals surface area contributed by atoms with E-state index in [0.717, 1.165) is 19.5 Å². The highest BCUT2D eigenvalue weighted by Gasteiger charge is 2.33. The van der Waals surface area contributed by atoms with Crippen molar-refractivity contribution in [1.29, 1.82) is 0 Å². The molecule has 3 rings (SSSR count). The van der Waals surface area contributed by atoms with Crippen LogP contribution in [0.5, 0.6) is 5.75 Å². The Morgan fingerprint density at radius 2 is 1.96 bits per heavy atom. The Bertz CT molecular complexity index is 695. The lowest BCUT2D eigenvalue weighted by molar-refractivity contribution is -0.130. The third-order valence-corrected chi connectivity index (χ3v) is 5.28. The normalized spacial score (nSPS) is 23.8. The van der Waals surface area contributed by atoms with Crippen LogP contribution in [0.2, 0.25) is 0 Å². The molecule has 0 unspecified atom stereocenters. The molecule has 2 saturated heterocycles. The summed E-state index contributed by atoms with van der Waals surface area (Å²) >= 11 is 0. The number of aliphatic hydroxyl groups is 1. The van der Waals surface area contributed by atoms with E-state index in [0.29, 0.717) is 45.7 Å². The summed E-state index contributed by atoms with van der Waals surface area (Å²) in [6.07, 6.45) is 4.45. The van der Waals surface area contributed by atoms with E-state index in [1.54, 1.807) is 4.90 Å². The largest absolute Gasteiger partial charge is 0.506 e. The number of hydrogen-bond acceptors (Lipinski definition) is 7. The summed E-state index contributed by atoms with van der Waals surface area (Å²) in [5.74, 6) is -0.751. The van der Waals surface area contributed by atoms with Crippen molar-refractivity contribution in [2.75, 3.05) is 52.5 Å². The van der Waals surface area contributed by atoms with Gasteiger partial charge in [-0.05, 0) is 25.3 Å². The van der Waals surface area contributed by atoms with Crippen LogP contribution >= 0.6 is 0 Å². The number of likely N-dealkylation sites (tertiary alicyclic amines) is 1. The van der Waals surface area contributed by atoms with Crippen LogP contribution in [-0.2, 0) is 9.53 Å². The monoisotopic (exact) mass is 392 g/mol. The Morgan fingerprint density at radius 3 is 2.71 bits per heavy atom. The molecule has 1 aromatic heterocycles. The minimum Gasteiger partial charge on any atom is -0.506 e. The molecule has 1 atom stereocenters. The number of carbonyl (C=O) groups is 2. The van der Waals surface area contributed by atoms with Gasteiger partial charge in [0, 0.05) is 38.9 Å². The fourth-order valence-electron chi connectivity index (χ4n) is 3.68. The topological polar surface area (TPSA) is 115 Å². The molecule has 0 bridgehead atoms. The second kappa shape index (κ2) is 9.31. The number of pyridine rings is 1. The Hall–Kier alpha value is -2.23. The van der Waals surface area contributed by atoms with Crippen molar-refractivity contribution in [3.8, 4) is 5.75 Å². The van der Waals surface area contributed by atoms with Gasteiger partial charge in [-0.25, -0.2) is 0 Å². The molecule has 2 aliphatic heterocycles. The number of nitrogens with one attached hydrogen (secondary N) is 1. The van der Waals surface area contributed by atoms with Gasteiger partial charge in [-0.3, -0.25) is 19.5 Å². The number of carbonyl (C=O) groups excluding carboxylic acids is 2. The second-order valence-electron chi connectivity index (χ2n) is 7.46. The first-order chi connectivity index (χ1) is 13.5. The number of hydrogen-bond donors (Lipinski definition) is 3. The van der Waals surface area contributed by atoms with Crippen molar-refractivity contribution in [1.82, 2.24) is 20.1 Å². The minimum absolute atomic E-state index is 0.106. The molecule has 9 heteroatoms. The molecule has 2 fully saturated rings. The van der Waals surface area contributed by atoms with Gasteiger partial charge in [0.1, 0.15) is 5.75 Å². The molecule has 28 heavy (non-hydrogen) atoms. The van der Waals surface area contributed by atoms with Crippen LogP contribution in [-0.4, -0.2) is 94.9 Å². The molecule has 3 N–H and O–H groups in total. The fourth-order valence-corrected chi connectivity index (χ4v) is 3.68. The maximum absolute atomic E-state index is 12.5. The Labute approximate surface area is 164 Å². The van der Waals surface area contributed by atoms with Gasteiger partial charge >= 0.3 is 0 Å². The van der Waals surface area contributed by atoms with Gasteiger partial charge in [-0.15, -0.1) is 0 Å². The van der Waals surface area contributed by atoms with Crippen molar-refractivity contribution in [2.45, 2.75) is 24.9 Å². The van der Waals surface area contributed by atoms with Crippen molar-refractivity contribution in [3.05, 3.63) is 24.0 Å². The Kier molecular flexibility index (Phi) is 6.82. The van der Waals surface area contributed by atoms with Gasteiger partial charge < -0.3 is 25.2 Å². The third kappa shape index (κ3) is 5.63. The molecule has 3 heterocycles. The lowest BCUT2D eigenvalue weighted by Gasteiger charge is -2.35. The van der Waals surface area contributed by atoms with E-state index in [1.165, 1.54) is 18.5 Å². The Balaban J connectivity index is 1.47. The first kappa shape index (κ1) is 20.5. The van der Waals surface area contributed by atoms with Gasteiger partial charge in [0.2, 0.25) is 5.91 Å². The predicted octanol–water partition coefficient (Wildman–Crippen LogP) is -0.407. The summed E-state index contributed by atoms with van der Waals surface area (Å²) in [6.45, 7) is 4.51. The van der Waals surface area contributed by atoms with Crippen molar-refractivity contribution < 1.29 is 24.5 Å². The van der Waals surface area contributed by atoms with E-state index in [2.05, 4.69) is 15.2 Å². The standard InChI is InChI=1S/C19H28N4O5/c24-16-10-15(11-20-12-16)18(26)21-13-17(25)23-4-1-2-19(27,3-5-23)14-22-6-8-28-9-7-22/h10-12,24,27H,1-9,13-14H2,(H,21,26)/t19-/m1/s1. The first-order valence-electron chi connectivity index (χ1n) is 9.68. The molecule has 1 aromatic rings. The smallest absolute Gasteiger partial charge is 0.253 e. The third-order valence-electron chi connectivity index (χ3n) is 5.28. The van der Waals surface area contributed by atoms with E-state index >= 15 is 0 Å². The van der Waals surface area contributed by atoms with Gasteiger partial charge in [-0.1, -0.05) is 0 Å². The molecule has 0 aromatic carbocycles. The molecule has 0 aliphatic carbocycles. The molecule has 0 radical (unpaired) electrons. The van der Waals surface area contributed by atoms with Crippen LogP contribution < -0.4 is 5.32 Å². The zero-order chi connectivity index (χ0) is 20.0. The maximum Gasteiger partial charge on any atom is 0.253 e. The minimum atomic E-state index is -0.803. The van der Waals surface area contributed by atoms with Gasteiger partial charge in [-0.2, -0.15) is 0 Å². The summed E-state index contributed by atoms with van der Waals surface area (Å²) in [5.41, 5.74) is -0.605. The average Bonchev–Trinajstić information content (AvgIpc) is 2.88. The number of aromatic hydroxyl groups is 1. The van der Waals surface area contributed by atoms with Crippen molar-refractivity contribution >= 4 is 11.8 Å². The van der Waals surface area contributed by atoms with E-state index in [4.69, 9.17) is 4.74 Å². The number of β-amino-alcohol motifs (C(OH)–C–C–N with tert-alkyl or cyclic N) is 1. The highest BCUT2D eigenvalue weighted by Crippen LogP contribution is 2.24. The van der Waals surface area contributed by atoms with Crippen LogP contribution in [0.3, 0.4) is 0 Å². The van der Waals surface area contributed by atoms with Crippen LogP contribution in [0.25, 0.3) is 0 Å². The van der Waals surface area contributed by atoms with E-state index in [-0.39, 0.29) is 23.8 Å². The SMILES string of the molecule is O=C(NCC(=O)N1CCC[C@](O)(CN2CCOCC2)CC1)c1cncc(O)c1. The van der Waals surface area contributed by atoms with Crippen LogP contribution in [0.15, 0.2) is 18.5 Å².